The summed E-state index contributed by atoms with van der Waals surface area (Å²) in [4.78, 5) is 21.4. The standard InChI is InChI=1S/C21H20BrClN4O3/c1-29-16-6-7-18(22)17(12-16)21(28)27-10-8-26(9-11-27)13-19-24-20(25-30-19)14-2-4-15(23)5-3-14/h2-7,12H,8-11,13H2,1H3. The molecule has 0 radical (unpaired) electrons. The van der Waals surface area contributed by atoms with Crippen LogP contribution >= 0.6 is 27.5 Å². The monoisotopic (exact) mass is 490 g/mol. The quantitative estimate of drug-likeness (QED) is 0.535. The fourth-order valence-electron chi connectivity index (χ4n) is 3.30. The van der Waals surface area contributed by atoms with Gasteiger partial charge in [-0.1, -0.05) is 16.8 Å². The summed E-state index contributed by atoms with van der Waals surface area (Å²) in [6.45, 7) is 3.25. The SMILES string of the molecule is COc1ccc(Br)c(C(=O)N2CCN(Cc3nc(-c4ccc(Cl)cc4)no3)CC2)c1. The maximum atomic E-state index is 12.9. The van der Waals surface area contributed by atoms with E-state index >= 15 is 0 Å². The minimum absolute atomic E-state index is 0.0109. The highest BCUT2D eigenvalue weighted by atomic mass is 79.9. The van der Waals surface area contributed by atoms with Crippen molar-refractivity contribution >= 4 is 33.4 Å². The van der Waals surface area contributed by atoms with Crippen molar-refractivity contribution in [1.82, 2.24) is 19.9 Å². The van der Waals surface area contributed by atoms with Gasteiger partial charge in [0.2, 0.25) is 11.7 Å². The van der Waals surface area contributed by atoms with E-state index in [0.717, 1.165) is 23.1 Å². The van der Waals surface area contributed by atoms with Crippen LogP contribution in [0.1, 0.15) is 16.2 Å². The Hall–Kier alpha value is -2.42. The van der Waals surface area contributed by atoms with Gasteiger partial charge in [-0.3, -0.25) is 9.69 Å². The van der Waals surface area contributed by atoms with E-state index in [9.17, 15) is 4.79 Å². The first-order valence-corrected chi connectivity index (χ1v) is 10.6. The van der Waals surface area contributed by atoms with Crippen molar-refractivity contribution in [2.75, 3.05) is 33.3 Å². The van der Waals surface area contributed by atoms with Gasteiger partial charge in [0.05, 0.1) is 19.2 Å². The Morgan fingerprint density at radius 1 is 1.17 bits per heavy atom. The van der Waals surface area contributed by atoms with E-state index in [1.807, 2.05) is 29.2 Å². The van der Waals surface area contributed by atoms with Crippen molar-refractivity contribution in [2.45, 2.75) is 6.54 Å². The summed E-state index contributed by atoms with van der Waals surface area (Å²) in [5.74, 6) is 1.74. The van der Waals surface area contributed by atoms with Gasteiger partial charge in [-0.2, -0.15) is 4.98 Å². The van der Waals surface area contributed by atoms with Crippen molar-refractivity contribution < 1.29 is 14.1 Å². The normalized spacial score (nSPS) is 14.7. The van der Waals surface area contributed by atoms with Crippen molar-refractivity contribution in [3.63, 3.8) is 0 Å². The number of carbonyl (C=O) groups is 1. The Bertz CT molecular complexity index is 1030. The Morgan fingerprint density at radius 2 is 1.90 bits per heavy atom. The van der Waals surface area contributed by atoms with E-state index < -0.39 is 0 Å². The number of rotatable bonds is 5. The molecule has 1 fully saturated rings. The lowest BCUT2D eigenvalue weighted by atomic mass is 10.1. The third-order valence-corrected chi connectivity index (χ3v) is 5.94. The highest BCUT2D eigenvalue weighted by Gasteiger charge is 2.25. The summed E-state index contributed by atoms with van der Waals surface area (Å²) in [6.07, 6.45) is 0. The molecule has 2 heterocycles. The minimum atomic E-state index is -0.0109. The molecule has 1 aliphatic heterocycles. The van der Waals surface area contributed by atoms with E-state index in [4.69, 9.17) is 20.9 Å². The van der Waals surface area contributed by atoms with Gasteiger partial charge in [0.15, 0.2) is 0 Å². The molecule has 9 heteroatoms. The van der Waals surface area contributed by atoms with Crippen LogP contribution in [0.15, 0.2) is 51.5 Å². The number of halogens is 2. The first-order valence-electron chi connectivity index (χ1n) is 9.47. The van der Waals surface area contributed by atoms with Crippen molar-refractivity contribution in [3.05, 3.63) is 63.4 Å². The third-order valence-electron chi connectivity index (χ3n) is 4.99. The molecule has 30 heavy (non-hydrogen) atoms. The number of benzene rings is 2. The number of amides is 1. The molecule has 0 N–H and O–H groups in total. The summed E-state index contributed by atoms with van der Waals surface area (Å²) in [5.41, 5.74) is 1.46. The van der Waals surface area contributed by atoms with Gasteiger partial charge in [0.1, 0.15) is 5.75 Å². The Kier molecular flexibility index (Phi) is 6.36. The first-order chi connectivity index (χ1) is 14.5. The number of nitrogens with zero attached hydrogens (tertiary/aromatic N) is 4. The average Bonchev–Trinajstić information content (AvgIpc) is 3.23. The molecule has 2 aromatic carbocycles. The van der Waals surface area contributed by atoms with Crippen molar-refractivity contribution in [1.29, 1.82) is 0 Å². The molecule has 7 nitrogen and oxygen atoms in total. The zero-order chi connectivity index (χ0) is 21.1. The van der Waals surface area contributed by atoms with Gasteiger partial charge in [-0.25, -0.2) is 0 Å². The molecule has 0 saturated carbocycles. The predicted molar refractivity (Wildman–Crippen MR) is 117 cm³/mol. The summed E-state index contributed by atoms with van der Waals surface area (Å²) in [7, 11) is 1.59. The molecule has 156 valence electrons. The second-order valence-corrected chi connectivity index (χ2v) is 8.22. The number of hydrogen-bond donors (Lipinski definition) is 0. The number of carbonyl (C=O) groups excluding carboxylic acids is 1. The smallest absolute Gasteiger partial charge is 0.255 e. The summed E-state index contributed by atoms with van der Waals surface area (Å²) in [5, 5.41) is 4.72. The minimum Gasteiger partial charge on any atom is -0.497 e. The second kappa shape index (κ2) is 9.16. The number of piperazine rings is 1. The topological polar surface area (TPSA) is 71.7 Å². The lowest BCUT2D eigenvalue weighted by Gasteiger charge is -2.34. The van der Waals surface area contributed by atoms with E-state index in [1.165, 1.54) is 0 Å². The molecular weight excluding hydrogens is 472 g/mol. The number of aromatic nitrogens is 2. The van der Waals surface area contributed by atoms with Gasteiger partial charge in [-0.15, -0.1) is 0 Å². The van der Waals surface area contributed by atoms with Crippen molar-refractivity contribution in [2.24, 2.45) is 0 Å². The van der Waals surface area contributed by atoms with Gasteiger partial charge in [0.25, 0.3) is 5.91 Å². The summed E-state index contributed by atoms with van der Waals surface area (Å²) < 4.78 is 11.4. The average molecular weight is 492 g/mol. The zero-order valence-electron chi connectivity index (χ0n) is 16.3. The van der Waals surface area contributed by atoms with Crippen LogP contribution in [0.2, 0.25) is 5.02 Å². The molecule has 1 aromatic heterocycles. The largest absolute Gasteiger partial charge is 0.497 e. The fourth-order valence-corrected chi connectivity index (χ4v) is 3.84. The molecule has 4 rings (SSSR count). The lowest BCUT2D eigenvalue weighted by molar-refractivity contribution is 0.0614. The molecule has 0 atom stereocenters. The Morgan fingerprint density at radius 3 is 2.60 bits per heavy atom. The number of hydrogen-bond acceptors (Lipinski definition) is 6. The van der Waals surface area contributed by atoms with E-state index in [2.05, 4.69) is 31.0 Å². The molecule has 3 aromatic rings. The van der Waals surface area contributed by atoms with Gasteiger partial charge in [-0.05, 0) is 58.4 Å². The lowest BCUT2D eigenvalue weighted by Crippen LogP contribution is -2.48. The molecule has 0 spiro atoms. The Labute approximate surface area is 187 Å². The zero-order valence-corrected chi connectivity index (χ0v) is 18.7. The fraction of sp³-hybridized carbons (Fsp3) is 0.286. The molecule has 1 amide bonds. The maximum absolute atomic E-state index is 12.9. The van der Waals surface area contributed by atoms with Gasteiger partial charge < -0.3 is 14.2 Å². The van der Waals surface area contributed by atoms with Gasteiger partial charge >= 0.3 is 0 Å². The van der Waals surface area contributed by atoms with Crippen LogP contribution < -0.4 is 4.74 Å². The van der Waals surface area contributed by atoms with E-state index in [1.54, 1.807) is 25.3 Å². The molecule has 1 saturated heterocycles. The summed E-state index contributed by atoms with van der Waals surface area (Å²) >= 11 is 9.38. The van der Waals surface area contributed by atoms with E-state index in [-0.39, 0.29) is 5.91 Å². The van der Waals surface area contributed by atoms with Crippen LogP contribution in [-0.4, -0.2) is 59.1 Å². The molecule has 0 aliphatic carbocycles. The van der Waals surface area contributed by atoms with E-state index in [0.29, 0.717) is 47.7 Å². The maximum Gasteiger partial charge on any atom is 0.255 e. The molecule has 1 aliphatic rings. The van der Waals surface area contributed by atoms with Crippen LogP contribution in [0.4, 0.5) is 0 Å². The van der Waals surface area contributed by atoms with Crippen LogP contribution in [0.3, 0.4) is 0 Å². The summed E-state index contributed by atoms with van der Waals surface area (Å²) in [6, 6.07) is 12.7. The second-order valence-electron chi connectivity index (χ2n) is 6.93. The molecular formula is C21H20BrClN4O3. The Balaban J connectivity index is 1.35. The molecule has 0 bridgehead atoms. The van der Waals surface area contributed by atoms with Crippen LogP contribution in [-0.2, 0) is 6.54 Å². The molecule has 0 unspecified atom stereocenters. The predicted octanol–water partition coefficient (Wildman–Crippen LogP) is 4.12. The number of ether oxygens (including phenoxy) is 1. The van der Waals surface area contributed by atoms with Crippen LogP contribution in [0.5, 0.6) is 5.75 Å². The highest BCUT2D eigenvalue weighted by Crippen LogP contribution is 2.25. The number of methoxy groups -OCH3 is 1. The van der Waals surface area contributed by atoms with Crippen LogP contribution in [0.25, 0.3) is 11.4 Å². The van der Waals surface area contributed by atoms with Gasteiger partial charge in [0, 0.05) is 41.2 Å². The van der Waals surface area contributed by atoms with Crippen LogP contribution in [0, 0.1) is 0 Å². The third kappa shape index (κ3) is 4.66. The first kappa shape index (κ1) is 20.8. The van der Waals surface area contributed by atoms with Crippen molar-refractivity contribution in [3.8, 4) is 17.1 Å². The highest BCUT2D eigenvalue weighted by molar-refractivity contribution is 9.10.